The summed E-state index contributed by atoms with van der Waals surface area (Å²) in [6, 6.07) is 0. The molecule has 0 aliphatic heterocycles. The van der Waals surface area contributed by atoms with Gasteiger partial charge in [0.1, 0.15) is 0 Å². The van der Waals surface area contributed by atoms with E-state index in [0.29, 0.717) is 0 Å². The summed E-state index contributed by atoms with van der Waals surface area (Å²) < 4.78 is 0. The molecular formula is C18H30. The second-order valence-electron chi connectivity index (χ2n) is 8.74. The average molecular weight is 246 g/mol. The lowest BCUT2D eigenvalue weighted by Crippen LogP contribution is -2.57. The van der Waals surface area contributed by atoms with Crippen LogP contribution in [-0.4, -0.2) is 0 Å². The largest absolute Gasteiger partial charge is 0.0594 e. The molecule has 0 heteroatoms. The van der Waals surface area contributed by atoms with Gasteiger partial charge in [0.2, 0.25) is 0 Å². The molecule has 102 valence electrons. The van der Waals surface area contributed by atoms with Gasteiger partial charge in [-0.05, 0) is 73.0 Å². The molecule has 0 nitrogen and oxygen atoms in total. The molecule has 4 saturated carbocycles. The van der Waals surface area contributed by atoms with Crippen molar-refractivity contribution in [2.75, 3.05) is 0 Å². The summed E-state index contributed by atoms with van der Waals surface area (Å²) in [6.07, 6.45) is 15.6. The lowest BCUT2D eigenvalue weighted by Gasteiger charge is -2.65. The van der Waals surface area contributed by atoms with Crippen LogP contribution < -0.4 is 0 Å². The highest BCUT2D eigenvalue weighted by molar-refractivity contribution is 5.08. The van der Waals surface area contributed by atoms with Crippen LogP contribution in [-0.2, 0) is 0 Å². The Bertz CT molecular complexity index is 312. The molecule has 0 N–H and O–H groups in total. The number of rotatable bonds is 0. The monoisotopic (exact) mass is 246 g/mol. The van der Waals surface area contributed by atoms with E-state index in [1.807, 2.05) is 0 Å². The SMILES string of the molecule is CC12CCCC3CCC4(C)CCCC(CC1)C4C32. The van der Waals surface area contributed by atoms with E-state index in [0.717, 1.165) is 34.5 Å². The number of hydrogen-bond acceptors (Lipinski definition) is 0. The molecule has 0 amide bonds. The van der Waals surface area contributed by atoms with E-state index >= 15 is 0 Å². The average Bonchev–Trinajstić information content (AvgIpc) is 2.36. The van der Waals surface area contributed by atoms with Gasteiger partial charge in [0.15, 0.2) is 0 Å². The normalized spacial score (nSPS) is 59.0. The number of hydrogen-bond donors (Lipinski definition) is 0. The molecule has 0 spiro atoms. The molecule has 4 aliphatic carbocycles. The molecule has 0 saturated heterocycles. The van der Waals surface area contributed by atoms with Gasteiger partial charge in [0.25, 0.3) is 0 Å². The fourth-order valence-corrected chi connectivity index (χ4v) is 7.08. The molecule has 0 radical (unpaired) electrons. The highest BCUT2D eigenvalue weighted by Gasteiger charge is 2.59. The van der Waals surface area contributed by atoms with Crippen LogP contribution in [0, 0.1) is 34.5 Å². The third-order valence-corrected chi connectivity index (χ3v) is 7.83. The maximum Gasteiger partial charge on any atom is -0.0292 e. The van der Waals surface area contributed by atoms with Crippen molar-refractivity contribution in [1.82, 2.24) is 0 Å². The summed E-state index contributed by atoms with van der Waals surface area (Å²) in [4.78, 5) is 0. The predicted octanol–water partition coefficient (Wildman–Crippen LogP) is 5.42. The van der Waals surface area contributed by atoms with Gasteiger partial charge in [-0.3, -0.25) is 0 Å². The van der Waals surface area contributed by atoms with E-state index in [-0.39, 0.29) is 0 Å². The summed E-state index contributed by atoms with van der Waals surface area (Å²) in [6.45, 7) is 5.33. The van der Waals surface area contributed by atoms with Crippen molar-refractivity contribution in [3.63, 3.8) is 0 Å². The summed E-state index contributed by atoms with van der Waals surface area (Å²) in [7, 11) is 0. The van der Waals surface area contributed by atoms with Crippen LogP contribution in [0.4, 0.5) is 0 Å². The molecule has 6 unspecified atom stereocenters. The van der Waals surface area contributed by atoms with Gasteiger partial charge in [0.05, 0.1) is 0 Å². The highest BCUT2D eigenvalue weighted by Crippen LogP contribution is 2.67. The van der Waals surface area contributed by atoms with Crippen molar-refractivity contribution in [2.24, 2.45) is 34.5 Å². The van der Waals surface area contributed by atoms with Crippen LogP contribution >= 0.6 is 0 Å². The van der Waals surface area contributed by atoms with Gasteiger partial charge < -0.3 is 0 Å². The zero-order valence-electron chi connectivity index (χ0n) is 12.4. The first-order valence-electron chi connectivity index (χ1n) is 8.62. The molecule has 18 heavy (non-hydrogen) atoms. The molecular weight excluding hydrogens is 216 g/mol. The lowest BCUT2D eigenvalue weighted by atomic mass is 9.40. The minimum Gasteiger partial charge on any atom is -0.0594 e. The van der Waals surface area contributed by atoms with Gasteiger partial charge >= 0.3 is 0 Å². The summed E-state index contributed by atoms with van der Waals surface area (Å²) in [5.74, 6) is 4.46. The van der Waals surface area contributed by atoms with E-state index < -0.39 is 0 Å². The fraction of sp³-hybridized carbons (Fsp3) is 1.00. The molecule has 0 aromatic carbocycles. The summed E-state index contributed by atoms with van der Waals surface area (Å²) in [5.41, 5.74) is 1.48. The topological polar surface area (TPSA) is 0 Å². The Labute approximate surface area is 113 Å². The fourth-order valence-electron chi connectivity index (χ4n) is 7.08. The standard InChI is InChI=1S/C18H30/c1-17-9-3-5-13-8-12-18(2)10-4-6-14(7-11-17)16(18)15(13)17/h13-16H,3-12H2,1-2H3. The molecule has 4 fully saturated rings. The third-order valence-electron chi connectivity index (χ3n) is 7.83. The van der Waals surface area contributed by atoms with E-state index in [2.05, 4.69) is 13.8 Å². The van der Waals surface area contributed by atoms with Crippen LogP contribution in [0.3, 0.4) is 0 Å². The minimum absolute atomic E-state index is 0.739. The molecule has 0 heterocycles. The van der Waals surface area contributed by atoms with Crippen LogP contribution in [0.25, 0.3) is 0 Å². The molecule has 0 aromatic rings. The maximum atomic E-state index is 2.67. The zero-order valence-corrected chi connectivity index (χ0v) is 12.4. The van der Waals surface area contributed by atoms with Gasteiger partial charge in [-0.25, -0.2) is 0 Å². The Morgan fingerprint density at radius 2 is 1.06 bits per heavy atom. The molecule has 4 rings (SSSR count). The van der Waals surface area contributed by atoms with Crippen molar-refractivity contribution in [2.45, 2.75) is 78.1 Å². The molecule has 4 aliphatic rings. The van der Waals surface area contributed by atoms with Crippen molar-refractivity contribution in [1.29, 1.82) is 0 Å². The zero-order chi connectivity index (χ0) is 12.4. The maximum absolute atomic E-state index is 2.67. The first-order chi connectivity index (χ1) is 8.62. The molecule has 0 bridgehead atoms. The van der Waals surface area contributed by atoms with Crippen molar-refractivity contribution in [3.05, 3.63) is 0 Å². The summed E-state index contributed by atoms with van der Waals surface area (Å²) >= 11 is 0. The van der Waals surface area contributed by atoms with E-state index in [1.165, 1.54) is 12.8 Å². The Balaban J connectivity index is 1.76. The Morgan fingerprint density at radius 1 is 0.611 bits per heavy atom. The van der Waals surface area contributed by atoms with E-state index in [9.17, 15) is 0 Å². The Hall–Kier alpha value is 0. The van der Waals surface area contributed by atoms with E-state index in [4.69, 9.17) is 0 Å². The van der Waals surface area contributed by atoms with Crippen LogP contribution in [0.1, 0.15) is 78.1 Å². The van der Waals surface area contributed by atoms with Gasteiger partial charge in [-0.1, -0.05) is 39.5 Å². The van der Waals surface area contributed by atoms with Gasteiger partial charge in [-0.2, -0.15) is 0 Å². The van der Waals surface area contributed by atoms with Crippen LogP contribution in [0.5, 0.6) is 0 Å². The van der Waals surface area contributed by atoms with Crippen LogP contribution in [0.2, 0.25) is 0 Å². The second-order valence-corrected chi connectivity index (χ2v) is 8.74. The molecule has 0 aromatic heterocycles. The lowest BCUT2D eigenvalue weighted by molar-refractivity contribution is -0.156. The third kappa shape index (κ3) is 1.44. The van der Waals surface area contributed by atoms with Gasteiger partial charge in [-0.15, -0.1) is 0 Å². The smallest absolute Gasteiger partial charge is 0.0292 e. The van der Waals surface area contributed by atoms with Crippen molar-refractivity contribution >= 4 is 0 Å². The Kier molecular flexibility index (Phi) is 2.47. The quantitative estimate of drug-likeness (QED) is 0.535. The first kappa shape index (κ1) is 11.8. The predicted molar refractivity (Wildman–Crippen MR) is 76.3 cm³/mol. The van der Waals surface area contributed by atoms with Crippen LogP contribution in [0.15, 0.2) is 0 Å². The van der Waals surface area contributed by atoms with E-state index in [1.54, 1.807) is 51.4 Å². The summed E-state index contributed by atoms with van der Waals surface area (Å²) in [5, 5.41) is 0. The molecule has 6 atom stereocenters. The van der Waals surface area contributed by atoms with Crippen molar-refractivity contribution in [3.8, 4) is 0 Å². The van der Waals surface area contributed by atoms with Crippen molar-refractivity contribution < 1.29 is 0 Å². The minimum atomic E-state index is 0.739. The van der Waals surface area contributed by atoms with Gasteiger partial charge in [0, 0.05) is 0 Å². The second kappa shape index (κ2) is 3.76. The Morgan fingerprint density at radius 3 is 1.50 bits per heavy atom. The highest BCUT2D eigenvalue weighted by atomic mass is 14.6. The first-order valence-corrected chi connectivity index (χ1v) is 8.62.